The lowest BCUT2D eigenvalue weighted by Crippen LogP contribution is -2.37. The van der Waals surface area contributed by atoms with Gasteiger partial charge in [-0.05, 0) is 36.9 Å². The van der Waals surface area contributed by atoms with Gasteiger partial charge in [0.05, 0.1) is 6.54 Å². The Labute approximate surface area is 120 Å². The van der Waals surface area contributed by atoms with Gasteiger partial charge in [0.1, 0.15) is 5.82 Å². The van der Waals surface area contributed by atoms with Gasteiger partial charge in [0.2, 0.25) is 5.28 Å². The van der Waals surface area contributed by atoms with Crippen molar-refractivity contribution in [1.82, 2.24) is 9.97 Å². The van der Waals surface area contributed by atoms with Crippen LogP contribution >= 0.6 is 27.5 Å². The molecule has 1 aliphatic heterocycles. The minimum absolute atomic E-state index is 0.336. The standard InChI is InChI=1S/C13H15BrClN3/c1-8-10-6-16-13(15)17-12(10)18(7-11(8)14)9-4-2-3-5-9/h6,9H,2-5,7H2,1H3. The van der Waals surface area contributed by atoms with Crippen molar-refractivity contribution in [1.29, 1.82) is 0 Å². The van der Waals surface area contributed by atoms with Crippen molar-refractivity contribution in [2.45, 2.75) is 38.6 Å². The second kappa shape index (κ2) is 4.82. The zero-order chi connectivity index (χ0) is 12.7. The SMILES string of the molecule is CC1=C(Br)CN(C2CCCC2)c2nc(Cl)ncc21. The molecule has 0 atom stereocenters. The van der Waals surface area contributed by atoms with Crippen molar-refractivity contribution >= 4 is 38.9 Å². The lowest BCUT2D eigenvalue weighted by atomic mass is 10.0. The summed E-state index contributed by atoms with van der Waals surface area (Å²) in [7, 11) is 0. The van der Waals surface area contributed by atoms with E-state index in [2.05, 4.69) is 37.7 Å². The first kappa shape index (κ1) is 12.4. The smallest absolute Gasteiger partial charge is 0.224 e. The van der Waals surface area contributed by atoms with Crippen LogP contribution in [0.25, 0.3) is 5.57 Å². The van der Waals surface area contributed by atoms with Crippen LogP contribution in [0.1, 0.15) is 38.2 Å². The Kier molecular flexibility index (Phi) is 3.32. The molecule has 2 aliphatic rings. The van der Waals surface area contributed by atoms with Crippen LogP contribution in [0, 0.1) is 0 Å². The Morgan fingerprint density at radius 1 is 1.39 bits per heavy atom. The van der Waals surface area contributed by atoms with Crippen LogP contribution in [0.15, 0.2) is 10.7 Å². The molecule has 0 aromatic carbocycles. The number of anilines is 1. The molecule has 3 rings (SSSR count). The summed E-state index contributed by atoms with van der Waals surface area (Å²) in [5.74, 6) is 1.00. The molecule has 0 unspecified atom stereocenters. The van der Waals surface area contributed by atoms with E-state index >= 15 is 0 Å². The molecule has 0 radical (unpaired) electrons. The van der Waals surface area contributed by atoms with Crippen molar-refractivity contribution < 1.29 is 0 Å². The third kappa shape index (κ3) is 2.05. The van der Waals surface area contributed by atoms with Crippen molar-refractivity contribution in [3.8, 4) is 0 Å². The van der Waals surface area contributed by atoms with Gasteiger partial charge < -0.3 is 4.90 Å². The van der Waals surface area contributed by atoms with E-state index in [0.29, 0.717) is 11.3 Å². The summed E-state index contributed by atoms with van der Waals surface area (Å²) in [6, 6.07) is 0.593. The summed E-state index contributed by atoms with van der Waals surface area (Å²) in [5, 5.41) is 0.336. The van der Waals surface area contributed by atoms with E-state index in [9.17, 15) is 0 Å². The fraction of sp³-hybridized carbons (Fsp3) is 0.538. The third-order valence-corrected chi connectivity index (χ3v) is 4.92. The Balaban J connectivity index is 2.06. The highest BCUT2D eigenvalue weighted by atomic mass is 79.9. The van der Waals surface area contributed by atoms with E-state index < -0.39 is 0 Å². The van der Waals surface area contributed by atoms with Crippen LogP contribution in [-0.4, -0.2) is 22.6 Å². The molecule has 5 heteroatoms. The Bertz CT molecular complexity index is 509. The van der Waals surface area contributed by atoms with Crippen LogP contribution in [0.3, 0.4) is 0 Å². The van der Waals surface area contributed by atoms with Crippen LogP contribution in [0.2, 0.25) is 5.28 Å². The average Bonchev–Trinajstić information content (AvgIpc) is 2.87. The van der Waals surface area contributed by atoms with Crippen molar-refractivity contribution in [3.63, 3.8) is 0 Å². The molecule has 0 saturated heterocycles. The summed E-state index contributed by atoms with van der Waals surface area (Å²) in [4.78, 5) is 10.9. The van der Waals surface area contributed by atoms with E-state index in [1.54, 1.807) is 0 Å². The summed E-state index contributed by atoms with van der Waals surface area (Å²) < 4.78 is 1.23. The minimum Gasteiger partial charge on any atom is -0.348 e. The predicted octanol–water partition coefficient (Wildman–Crippen LogP) is 4.02. The zero-order valence-electron chi connectivity index (χ0n) is 10.3. The maximum Gasteiger partial charge on any atom is 0.224 e. The van der Waals surface area contributed by atoms with Crippen LogP contribution in [0.5, 0.6) is 0 Å². The number of hydrogen-bond acceptors (Lipinski definition) is 3. The average molecular weight is 329 g/mol. The number of hydrogen-bond donors (Lipinski definition) is 0. The van der Waals surface area contributed by atoms with Crippen molar-refractivity contribution in [2.24, 2.45) is 0 Å². The second-order valence-electron chi connectivity index (χ2n) is 4.97. The topological polar surface area (TPSA) is 29.0 Å². The second-order valence-corrected chi connectivity index (χ2v) is 6.27. The minimum atomic E-state index is 0.336. The maximum absolute atomic E-state index is 5.96. The quantitative estimate of drug-likeness (QED) is 0.729. The Morgan fingerprint density at radius 3 is 2.83 bits per heavy atom. The van der Waals surface area contributed by atoms with Gasteiger partial charge in [0.15, 0.2) is 0 Å². The van der Waals surface area contributed by atoms with Crippen LogP contribution < -0.4 is 4.90 Å². The maximum atomic E-state index is 5.96. The molecule has 1 aromatic heterocycles. The summed E-state index contributed by atoms with van der Waals surface area (Å²) in [5.41, 5.74) is 2.32. The number of allylic oxidation sites excluding steroid dienone is 1. The largest absolute Gasteiger partial charge is 0.348 e. The van der Waals surface area contributed by atoms with E-state index in [-0.39, 0.29) is 0 Å². The summed E-state index contributed by atoms with van der Waals surface area (Å²) >= 11 is 9.64. The molecule has 0 amide bonds. The highest BCUT2D eigenvalue weighted by molar-refractivity contribution is 9.11. The normalized spacial score (nSPS) is 20.5. The lowest BCUT2D eigenvalue weighted by Gasteiger charge is -2.35. The van der Waals surface area contributed by atoms with Crippen molar-refractivity contribution in [3.05, 3.63) is 21.5 Å². The van der Waals surface area contributed by atoms with E-state index in [1.165, 1.54) is 35.7 Å². The molecule has 1 saturated carbocycles. The Morgan fingerprint density at radius 2 is 2.11 bits per heavy atom. The van der Waals surface area contributed by atoms with Gasteiger partial charge in [0.25, 0.3) is 0 Å². The summed E-state index contributed by atoms with van der Waals surface area (Å²) in [6.07, 6.45) is 6.97. The number of rotatable bonds is 1. The van der Waals surface area contributed by atoms with Gasteiger partial charge in [0, 0.05) is 22.3 Å². The first-order valence-corrected chi connectivity index (χ1v) is 7.48. The van der Waals surface area contributed by atoms with E-state index in [0.717, 1.165) is 17.9 Å². The highest BCUT2D eigenvalue weighted by Gasteiger charge is 2.30. The summed E-state index contributed by atoms with van der Waals surface area (Å²) in [6.45, 7) is 3.00. The molecule has 3 nitrogen and oxygen atoms in total. The molecule has 18 heavy (non-hydrogen) atoms. The van der Waals surface area contributed by atoms with E-state index in [4.69, 9.17) is 11.6 Å². The first-order chi connectivity index (χ1) is 8.66. The molecule has 1 fully saturated rings. The Hall–Kier alpha value is -0.610. The molecule has 0 N–H and O–H groups in total. The molecule has 0 spiro atoms. The fourth-order valence-electron chi connectivity index (χ4n) is 2.84. The fourth-order valence-corrected chi connectivity index (χ4v) is 3.46. The van der Waals surface area contributed by atoms with Crippen LogP contribution in [0.4, 0.5) is 5.82 Å². The monoisotopic (exact) mass is 327 g/mol. The first-order valence-electron chi connectivity index (χ1n) is 6.31. The number of aromatic nitrogens is 2. The van der Waals surface area contributed by atoms with Gasteiger partial charge in [-0.15, -0.1) is 0 Å². The van der Waals surface area contributed by atoms with Gasteiger partial charge in [-0.1, -0.05) is 28.8 Å². The van der Waals surface area contributed by atoms with Gasteiger partial charge in [-0.3, -0.25) is 0 Å². The third-order valence-electron chi connectivity index (χ3n) is 3.90. The zero-order valence-corrected chi connectivity index (χ0v) is 12.6. The highest BCUT2D eigenvalue weighted by Crippen LogP contribution is 2.39. The molecule has 2 heterocycles. The number of fused-ring (bicyclic) bond motifs is 1. The predicted molar refractivity (Wildman–Crippen MR) is 78.2 cm³/mol. The van der Waals surface area contributed by atoms with Gasteiger partial charge >= 0.3 is 0 Å². The molecule has 1 aromatic rings. The van der Waals surface area contributed by atoms with Gasteiger partial charge in [-0.25, -0.2) is 4.98 Å². The molecule has 96 valence electrons. The number of halogens is 2. The molecule has 1 aliphatic carbocycles. The molecule has 0 bridgehead atoms. The molecular formula is C13H15BrClN3. The lowest BCUT2D eigenvalue weighted by molar-refractivity contribution is 0.620. The van der Waals surface area contributed by atoms with E-state index in [1.807, 2.05) is 6.20 Å². The molecular weight excluding hydrogens is 314 g/mol. The number of nitrogens with zero attached hydrogens (tertiary/aromatic N) is 3. The van der Waals surface area contributed by atoms with Gasteiger partial charge in [-0.2, -0.15) is 4.98 Å². The van der Waals surface area contributed by atoms with Crippen molar-refractivity contribution in [2.75, 3.05) is 11.4 Å². The van der Waals surface area contributed by atoms with Crippen LogP contribution in [-0.2, 0) is 0 Å².